The van der Waals surface area contributed by atoms with Crippen molar-refractivity contribution in [3.63, 3.8) is 0 Å². The Hall–Kier alpha value is -1.81. The summed E-state index contributed by atoms with van der Waals surface area (Å²) in [5.41, 5.74) is 9.05. The Bertz CT molecular complexity index is 592. The topological polar surface area (TPSA) is 45.4 Å². The summed E-state index contributed by atoms with van der Waals surface area (Å²) >= 11 is 0. The van der Waals surface area contributed by atoms with Crippen LogP contribution in [0.2, 0.25) is 0 Å². The highest BCUT2D eigenvalue weighted by atomic mass is 15.2. The predicted octanol–water partition coefficient (Wildman–Crippen LogP) is 2.84. The molecule has 2 aromatic rings. The summed E-state index contributed by atoms with van der Waals surface area (Å²) in [6.07, 6.45) is 1.84. The van der Waals surface area contributed by atoms with Crippen LogP contribution >= 0.6 is 0 Å². The van der Waals surface area contributed by atoms with Crippen LogP contribution in [0.1, 0.15) is 13.8 Å². The second-order valence-corrected chi connectivity index (χ2v) is 6.22. The molecular weight excluding hydrogens is 260 g/mol. The van der Waals surface area contributed by atoms with Gasteiger partial charge in [0, 0.05) is 36.9 Å². The van der Waals surface area contributed by atoms with E-state index in [1.165, 1.54) is 5.69 Å². The summed E-state index contributed by atoms with van der Waals surface area (Å²) in [6, 6.07) is 8.07. The highest BCUT2D eigenvalue weighted by molar-refractivity contribution is 5.98. The van der Waals surface area contributed by atoms with Crippen molar-refractivity contribution in [3.05, 3.63) is 30.5 Å². The molecule has 2 rings (SSSR count). The van der Waals surface area contributed by atoms with Crippen LogP contribution in [-0.2, 0) is 0 Å². The predicted molar refractivity (Wildman–Crippen MR) is 91.8 cm³/mol. The van der Waals surface area contributed by atoms with Crippen molar-refractivity contribution >= 4 is 22.3 Å². The van der Waals surface area contributed by atoms with E-state index in [9.17, 15) is 0 Å². The fourth-order valence-electron chi connectivity index (χ4n) is 2.51. The summed E-state index contributed by atoms with van der Waals surface area (Å²) in [5, 5.41) is 1.04. The summed E-state index contributed by atoms with van der Waals surface area (Å²) in [7, 11) is 4.21. The van der Waals surface area contributed by atoms with Crippen LogP contribution in [0.4, 0.5) is 11.4 Å². The zero-order valence-electron chi connectivity index (χ0n) is 13.5. The minimum atomic E-state index is 0.600. The van der Waals surface area contributed by atoms with Crippen molar-refractivity contribution < 1.29 is 0 Å². The largest absolute Gasteiger partial charge is 0.398 e. The van der Waals surface area contributed by atoms with Gasteiger partial charge in [-0.05, 0) is 44.3 Å². The fraction of sp³-hybridized carbons (Fsp3) is 0.471. The van der Waals surface area contributed by atoms with Crippen LogP contribution in [0.25, 0.3) is 10.9 Å². The first-order chi connectivity index (χ1) is 9.99. The van der Waals surface area contributed by atoms with Crippen LogP contribution in [0.5, 0.6) is 0 Å². The van der Waals surface area contributed by atoms with E-state index in [0.29, 0.717) is 5.92 Å². The maximum Gasteiger partial charge on any atom is 0.0955 e. The number of nitrogen functional groups attached to an aromatic ring is 1. The van der Waals surface area contributed by atoms with Crippen LogP contribution in [0.3, 0.4) is 0 Å². The molecule has 4 heteroatoms. The molecule has 21 heavy (non-hydrogen) atoms. The Morgan fingerprint density at radius 3 is 2.57 bits per heavy atom. The smallest absolute Gasteiger partial charge is 0.0955 e. The highest BCUT2D eigenvalue weighted by Gasteiger charge is 2.14. The summed E-state index contributed by atoms with van der Waals surface area (Å²) in [4.78, 5) is 9.19. The molecule has 4 nitrogen and oxygen atoms in total. The Kier molecular flexibility index (Phi) is 5.02. The summed E-state index contributed by atoms with van der Waals surface area (Å²) < 4.78 is 0. The number of nitrogens with zero attached hydrogens (tertiary/aromatic N) is 3. The van der Waals surface area contributed by atoms with Gasteiger partial charge in [-0.3, -0.25) is 4.98 Å². The van der Waals surface area contributed by atoms with E-state index < -0.39 is 0 Å². The van der Waals surface area contributed by atoms with Crippen LogP contribution in [0.15, 0.2) is 30.5 Å². The number of hydrogen-bond acceptors (Lipinski definition) is 4. The van der Waals surface area contributed by atoms with E-state index in [4.69, 9.17) is 5.73 Å². The van der Waals surface area contributed by atoms with Crippen molar-refractivity contribution in [3.8, 4) is 0 Å². The lowest BCUT2D eigenvalue weighted by Gasteiger charge is -2.29. The monoisotopic (exact) mass is 286 g/mol. The molecule has 0 atom stereocenters. The first kappa shape index (κ1) is 15.6. The van der Waals surface area contributed by atoms with E-state index in [1.807, 2.05) is 24.4 Å². The number of aromatic nitrogens is 1. The molecule has 0 saturated heterocycles. The third-order valence-corrected chi connectivity index (χ3v) is 3.53. The minimum Gasteiger partial charge on any atom is -0.398 e. The van der Waals surface area contributed by atoms with E-state index in [1.54, 1.807) is 0 Å². The van der Waals surface area contributed by atoms with Gasteiger partial charge in [0.2, 0.25) is 0 Å². The Morgan fingerprint density at radius 2 is 1.90 bits per heavy atom. The van der Waals surface area contributed by atoms with Gasteiger partial charge in [0.05, 0.1) is 11.2 Å². The molecule has 1 heterocycles. The molecule has 0 aliphatic rings. The quantitative estimate of drug-likeness (QED) is 0.829. The van der Waals surface area contributed by atoms with Gasteiger partial charge in [-0.25, -0.2) is 0 Å². The van der Waals surface area contributed by atoms with Gasteiger partial charge in [-0.15, -0.1) is 0 Å². The highest BCUT2D eigenvalue weighted by Crippen LogP contribution is 2.29. The summed E-state index contributed by atoms with van der Waals surface area (Å²) in [6.45, 7) is 7.51. The molecule has 114 valence electrons. The van der Waals surface area contributed by atoms with Crippen LogP contribution in [0, 0.1) is 5.92 Å². The standard InChI is InChI=1S/C17H26N4/c1-13(2)12-21(11-10-20(3)4)16-8-7-15(18)14-6-5-9-19-17(14)16/h5-9,13H,10-12,18H2,1-4H3. The van der Waals surface area contributed by atoms with E-state index >= 15 is 0 Å². The average molecular weight is 286 g/mol. The Balaban J connectivity index is 2.41. The normalized spacial score (nSPS) is 11.5. The Labute approximate surface area is 127 Å². The molecule has 0 fully saturated rings. The van der Waals surface area contributed by atoms with Crippen LogP contribution < -0.4 is 10.6 Å². The van der Waals surface area contributed by atoms with Gasteiger partial charge >= 0.3 is 0 Å². The van der Waals surface area contributed by atoms with Gasteiger partial charge < -0.3 is 15.5 Å². The molecule has 2 N–H and O–H groups in total. The number of anilines is 2. The lowest BCUT2D eigenvalue weighted by molar-refractivity contribution is 0.409. The number of benzene rings is 1. The number of hydrogen-bond donors (Lipinski definition) is 1. The third-order valence-electron chi connectivity index (χ3n) is 3.53. The SMILES string of the molecule is CC(C)CN(CCN(C)C)c1ccc(N)c2cccnc12. The molecule has 0 unspecified atom stereocenters. The lowest BCUT2D eigenvalue weighted by atomic mass is 10.1. The Morgan fingerprint density at radius 1 is 1.14 bits per heavy atom. The average Bonchev–Trinajstić information content (AvgIpc) is 2.44. The van der Waals surface area contributed by atoms with Crippen molar-refractivity contribution in [1.29, 1.82) is 0 Å². The van der Waals surface area contributed by atoms with Crippen molar-refractivity contribution in [2.75, 3.05) is 44.4 Å². The van der Waals surface area contributed by atoms with Gasteiger partial charge in [0.1, 0.15) is 0 Å². The maximum atomic E-state index is 6.08. The van der Waals surface area contributed by atoms with Gasteiger partial charge in [-0.1, -0.05) is 13.8 Å². The summed E-state index contributed by atoms with van der Waals surface area (Å²) in [5.74, 6) is 0.600. The maximum absolute atomic E-state index is 6.08. The number of likely N-dealkylation sites (N-methyl/N-ethyl adjacent to an activating group) is 1. The molecule has 0 bridgehead atoms. The molecule has 1 aromatic carbocycles. The van der Waals surface area contributed by atoms with Crippen molar-refractivity contribution in [1.82, 2.24) is 9.88 Å². The zero-order chi connectivity index (χ0) is 15.4. The number of rotatable bonds is 6. The number of fused-ring (bicyclic) bond motifs is 1. The number of pyridine rings is 1. The molecular formula is C17H26N4. The molecule has 1 aromatic heterocycles. The third kappa shape index (κ3) is 3.85. The minimum absolute atomic E-state index is 0.600. The molecule has 0 spiro atoms. The first-order valence-electron chi connectivity index (χ1n) is 7.52. The van der Waals surface area contributed by atoms with Gasteiger partial charge in [0.15, 0.2) is 0 Å². The first-order valence-corrected chi connectivity index (χ1v) is 7.52. The van der Waals surface area contributed by atoms with Crippen molar-refractivity contribution in [2.45, 2.75) is 13.8 Å². The second-order valence-electron chi connectivity index (χ2n) is 6.22. The molecule has 0 amide bonds. The van der Waals surface area contributed by atoms with Crippen molar-refractivity contribution in [2.24, 2.45) is 5.92 Å². The molecule has 0 aliphatic carbocycles. The molecule has 0 radical (unpaired) electrons. The molecule has 0 aliphatic heterocycles. The van der Waals surface area contributed by atoms with Gasteiger partial charge in [-0.2, -0.15) is 0 Å². The van der Waals surface area contributed by atoms with E-state index in [0.717, 1.165) is 36.2 Å². The number of nitrogens with two attached hydrogens (primary N) is 1. The van der Waals surface area contributed by atoms with E-state index in [-0.39, 0.29) is 0 Å². The van der Waals surface area contributed by atoms with Gasteiger partial charge in [0.25, 0.3) is 0 Å². The van der Waals surface area contributed by atoms with E-state index in [2.05, 4.69) is 48.8 Å². The lowest BCUT2D eigenvalue weighted by Crippen LogP contribution is -2.34. The fourth-order valence-corrected chi connectivity index (χ4v) is 2.51. The second kappa shape index (κ2) is 6.76. The van der Waals surface area contributed by atoms with Crippen LogP contribution in [-0.4, -0.2) is 43.6 Å². The zero-order valence-corrected chi connectivity index (χ0v) is 13.5. The molecule has 0 saturated carbocycles.